The third-order valence-corrected chi connectivity index (χ3v) is 3.84. The summed E-state index contributed by atoms with van der Waals surface area (Å²) in [7, 11) is 1.70. The lowest BCUT2D eigenvalue weighted by Crippen LogP contribution is -2.38. The summed E-state index contributed by atoms with van der Waals surface area (Å²) in [4.78, 5) is 3.37. The molecule has 0 saturated heterocycles. The molecule has 3 rings (SSSR count). The van der Waals surface area contributed by atoms with Gasteiger partial charge in [0, 0.05) is 21.1 Å². The van der Waals surface area contributed by atoms with E-state index in [-0.39, 0.29) is 0 Å². The van der Waals surface area contributed by atoms with E-state index >= 15 is 0 Å². The molecule has 0 unspecified atom stereocenters. The molecule has 0 saturated carbocycles. The standard InChI is InChI=1S/C18H19NO/c1-12-8-9-15(20-3)10-14(12)11-17-13(2)19-18-7-5-4-6-16(17)18/h6-11,19H,2,4-5H2,1,3H3/b17-11-. The van der Waals surface area contributed by atoms with E-state index in [0.717, 1.165) is 23.9 Å². The molecule has 1 aliphatic rings. The van der Waals surface area contributed by atoms with Gasteiger partial charge in [0.1, 0.15) is 5.75 Å². The molecule has 0 atom stereocenters. The summed E-state index contributed by atoms with van der Waals surface area (Å²) in [6.45, 7) is 6.25. The third-order valence-electron chi connectivity index (χ3n) is 3.84. The maximum absolute atomic E-state index is 5.31. The van der Waals surface area contributed by atoms with Crippen molar-refractivity contribution >= 4 is 24.8 Å². The van der Waals surface area contributed by atoms with Crippen molar-refractivity contribution in [3.05, 3.63) is 50.5 Å². The minimum absolute atomic E-state index is 0.882. The van der Waals surface area contributed by atoms with Crippen molar-refractivity contribution in [2.24, 2.45) is 0 Å². The molecule has 20 heavy (non-hydrogen) atoms. The fourth-order valence-corrected chi connectivity index (χ4v) is 2.66. The van der Waals surface area contributed by atoms with Crippen molar-refractivity contribution in [1.29, 1.82) is 0 Å². The zero-order chi connectivity index (χ0) is 14.1. The van der Waals surface area contributed by atoms with Crippen molar-refractivity contribution in [1.82, 2.24) is 4.98 Å². The van der Waals surface area contributed by atoms with Crippen molar-refractivity contribution in [3.63, 3.8) is 0 Å². The Kier molecular flexibility index (Phi) is 3.23. The Balaban J connectivity index is 2.30. The van der Waals surface area contributed by atoms with Crippen LogP contribution in [0.2, 0.25) is 0 Å². The third kappa shape index (κ3) is 2.18. The predicted molar refractivity (Wildman–Crippen MR) is 84.3 cm³/mol. The lowest BCUT2D eigenvalue weighted by molar-refractivity contribution is 0.414. The second-order valence-corrected chi connectivity index (χ2v) is 5.20. The van der Waals surface area contributed by atoms with Gasteiger partial charge in [-0.05, 0) is 49.1 Å². The van der Waals surface area contributed by atoms with Gasteiger partial charge in [0.05, 0.1) is 7.11 Å². The summed E-state index contributed by atoms with van der Waals surface area (Å²) in [6.07, 6.45) is 8.94. The highest BCUT2D eigenvalue weighted by molar-refractivity contribution is 5.57. The molecule has 0 amide bonds. The second-order valence-electron chi connectivity index (χ2n) is 5.20. The minimum atomic E-state index is 0.882. The molecular formula is C18H19NO. The number of hydrogen-bond acceptors (Lipinski definition) is 1. The summed E-state index contributed by atoms with van der Waals surface area (Å²) in [5.74, 6) is 0.882. The number of benzene rings is 1. The number of aromatic nitrogens is 1. The number of H-pyrrole nitrogens is 1. The number of fused-ring (bicyclic) bond motifs is 1. The van der Waals surface area contributed by atoms with Gasteiger partial charge in [-0.2, -0.15) is 0 Å². The van der Waals surface area contributed by atoms with E-state index in [0.29, 0.717) is 0 Å². The summed E-state index contributed by atoms with van der Waals surface area (Å²) in [6, 6.07) is 6.15. The summed E-state index contributed by atoms with van der Waals surface area (Å²) < 4.78 is 5.31. The first-order valence-electron chi connectivity index (χ1n) is 6.93. The first-order chi connectivity index (χ1) is 9.69. The van der Waals surface area contributed by atoms with Crippen LogP contribution in [0, 0.1) is 6.92 Å². The van der Waals surface area contributed by atoms with E-state index in [1.807, 2.05) is 6.07 Å². The first kappa shape index (κ1) is 12.8. The number of ether oxygens (including phenoxy) is 1. The van der Waals surface area contributed by atoms with Crippen molar-refractivity contribution in [2.45, 2.75) is 19.8 Å². The highest BCUT2D eigenvalue weighted by atomic mass is 16.5. The van der Waals surface area contributed by atoms with Crippen LogP contribution in [0.5, 0.6) is 5.75 Å². The van der Waals surface area contributed by atoms with E-state index in [2.05, 4.69) is 48.8 Å². The van der Waals surface area contributed by atoms with Crippen LogP contribution >= 0.6 is 0 Å². The lowest BCUT2D eigenvalue weighted by atomic mass is 10.1. The van der Waals surface area contributed by atoms with Crippen LogP contribution < -0.4 is 25.9 Å². The number of methoxy groups -OCH3 is 1. The fourth-order valence-electron chi connectivity index (χ4n) is 2.66. The normalized spacial score (nSPS) is 14.4. The molecule has 1 aliphatic carbocycles. The monoisotopic (exact) mass is 265 g/mol. The van der Waals surface area contributed by atoms with Crippen LogP contribution in [0.4, 0.5) is 0 Å². The fraction of sp³-hybridized carbons (Fsp3) is 0.222. The SMILES string of the molecule is C=c1[nH]c2c(/c1=C\c1cc(OC)ccc1C)=CCCC=2. The van der Waals surface area contributed by atoms with Crippen molar-refractivity contribution < 1.29 is 4.74 Å². The molecule has 2 aromatic rings. The summed E-state index contributed by atoms with van der Waals surface area (Å²) in [5.41, 5.74) is 2.41. The molecular weight excluding hydrogens is 246 g/mol. The average Bonchev–Trinajstić information content (AvgIpc) is 2.77. The second kappa shape index (κ2) is 5.04. The molecule has 1 heterocycles. The van der Waals surface area contributed by atoms with E-state index in [9.17, 15) is 0 Å². The molecule has 1 N–H and O–H groups in total. The number of aryl methyl sites for hydroxylation is 1. The van der Waals surface area contributed by atoms with Crippen LogP contribution in [0.15, 0.2) is 18.2 Å². The molecule has 1 aromatic carbocycles. The molecule has 1 aromatic heterocycles. The zero-order valence-corrected chi connectivity index (χ0v) is 12.0. The van der Waals surface area contributed by atoms with Gasteiger partial charge in [0.15, 0.2) is 0 Å². The largest absolute Gasteiger partial charge is 0.497 e. The number of aromatic amines is 1. The van der Waals surface area contributed by atoms with Crippen molar-refractivity contribution in [2.75, 3.05) is 7.11 Å². The van der Waals surface area contributed by atoms with Gasteiger partial charge in [0.2, 0.25) is 0 Å². The Morgan fingerprint density at radius 2 is 2.05 bits per heavy atom. The average molecular weight is 265 g/mol. The smallest absolute Gasteiger partial charge is 0.119 e. The van der Waals surface area contributed by atoms with Crippen LogP contribution in [-0.4, -0.2) is 12.1 Å². The van der Waals surface area contributed by atoms with Crippen molar-refractivity contribution in [3.8, 4) is 5.75 Å². The number of nitrogens with one attached hydrogen (secondary N) is 1. The lowest BCUT2D eigenvalue weighted by Gasteiger charge is -2.04. The van der Waals surface area contributed by atoms with Crippen LogP contribution in [0.3, 0.4) is 0 Å². The minimum Gasteiger partial charge on any atom is -0.497 e. The van der Waals surface area contributed by atoms with Gasteiger partial charge in [0.25, 0.3) is 0 Å². The van der Waals surface area contributed by atoms with E-state index in [1.165, 1.54) is 26.9 Å². The Morgan fingerprint density at radius 1 is 1.25 bits per heavy atom. The van der Waals surface area contributed by atoms with Gasteiger partial charge in [-0.15, -0.1) is 0 Å². The van der Waals surface area contributed by atoms with E-state index in [4.69, 9.17) is 4.74 Å². The zero-order valence-electron chi connectivity index (χ0n) is 12.0. The number of hydrogen-bond donors (Lipinski definition) is 1. The Bertz CT molecular complexity index is 871. The van der Waals surface area contributed by atoms with Crippen LogP contribution in [0.25, 0.3) is 24.8 Å². The Hall–Kier alpha value is -2.22. The van der Waals surface area contributed by atoms with Gasteiger partial charge in [-0.25, -0.2) is 0 Å². The molecule has 0 spiro atoms. The molecule has 2 nitrogen and oxygen atoms in total. The van der Waals surface area contributed by atoms with E-state index < -0.39 is 0 Å². The van der Waals surface area contributed by atoms with Gasteiger partial charge in [-0.1, -0.05) is 24.8 Å². The maximum Gasteiger partial charge on any atom is 0.119 e. The molecule has 2 heteroatoms. The van der Waals surface area contributed by atoms with E-state index in [1.54, 1.807) is 7.11 Å². The number of rotatable bonds is 2. The summed E-state index contributed by atoms with van der Waals surface area (Å²) in [5, 5.41) is 4.65. The van der Waals surface area contributed by atoms with Crippen LogP contribution in [0.1, 0.15) is 24.0 Å². The Morgan fingerprint density at radius 3 is 2.85 bits per heavy atom. The molecule has 0 aliphatic heterocycles. The van der Waals surface area contributed by atoms with Gasteiger partial charge < -0.3 is 9.72 Å². The quantitative estimate of drug-likeness (QED) is 0.858. The first-order valence-corrected chi connectivity index (χ1v) is 6.93. The topological polar surface area (TPSA) is 25.0 Å². The van der Waals surface area contributed by atoms with Crippen LogP contribution in [-0.2, 0) is 0 Å². The molecule has 102 valence electrons. The summed E-state index contributed by atoms with van der Waals surface area (Å²) >= 11 is 0. The highest BCUT2D eigenvalue weighted by Crippen LogP contribution is 2.17. The Labute approximate surface area is 118 Å². The maximum atomic E-state index is 5.31. The molecule has 0 bridgehead atoms. The highest BCUT2D eigenvalue weighted by Gasteiger charge is 2.01. The molecule has 0 radical (unpaired) electrons. The predicted octanol–water partition coefficient (Wildman–Crippen LogP) is 0.926. The van der Waals surface area contributed by atoms with Gasteiger partial charge in [-0.3, -0.25) is 0 Å². The van der Waals surface area contributed by atoms with Gasteiger partial charge >= 0.3 is 0 Å². The molecule has 0 fully saturated rings.